The number of aliphatic hydroxyl groups is 1. The Morgan fingerprint density at radius 2 is 1.74 bits per heavy atom. The number of Topliss-reactive ketones (excluding diaryl/α,β-unsaturated/α-hetero) is 1. The van der Waals surface area contributed by atoms with Gasteiger partial charge in [-0.15, -0.1) is 0 Å². The Morgan fingerprint density at radius 1 is 1.06 bits per heavy atom. The highest BCUT2D eigenvalue weighted by atomic mass is 19.1. The molecule has 1 atom stereocenters. The number of hydrogen-bond donors (Lipinski definition) is 2. The van der Waals surface area contributed by atoms with Crippen LogP contribution in [0.3, 0.4) is 0 Å². The van der Waals surface area contributed by atoms with Crippen LogP contribution in [0.2, 0.25) is 0 Å². The topological polar surface area (TPSA) is 90.7 Å². The Balaban J connectivity index is 1.87. The number of phenolic OH excluding ortho intramolecular Hbond substituents is 1. The molecule has 2 heterocycles. The smallest absolute Gasteiger partial charge is 0.295 e. The number of phenols is 1. The number of pyridine rings is 1. The van der Waals surface area contributed by atoms with Crippen LogP contribution in [-0.4, -0.2) is 31.8 Å². The molecule has 1 unspecified atom stereocenters. The molecule has 1 fully saturated rings. The molecule has 4 rings (SSSR count). The fourth-order valence-electron chi connectivity index (χ4n) is 3.63. The van der Waals surface area contributed by atoms with E-state index in [-0.39, 0.29) is 23.4 Å². The lowest BCUT2D eigenvalue weighted by Crippen LogP contribution is -2.29. The molecule has 1 saturated heterocycles. The number of carbonyl (C=O) groups excluding carboxylic acids is 2. The summed E-state index contributed by atoms with van der Waals surface area (Å²) in [5.74, 6) is -2.59. The van der Waals surface area contributed by atoms with Crippen LogP contribution in [-0.2, 0) is 16.1 Å². The van der Waals surface area contributed by atoms with Crippen LogP contribution in [0.5, 0.6) is 5.75 Å². The van der Waals surface area contributed by atoms with Crippen molar-refractivity contribution in [1.82, 2.24) is 9.88 Å². The molecule has 1 amide bonds. The van der Waals surface area contributed by atoms with Gasteiger partial charge in [0, 0.05) is 24.5 Å². The molecule has 1 aliphatic rings. The van der Waals surface area contributed by atoms with E-state index in [4.69, 9.17) is 0 Å². The van der Waals surface area contributed by atoms with Gasteiger partial charge < -0.3 is 15.1 Å². The fraction of sp³-hybridized carbons (Fsp3) is 0.125. The summed E-state index contributed by atoms with van der Waals surface area (Å²) in [5.41, 5.74) is 1.65. The summed E-state index contributed by atoms with van der Waals surface area (Å²) in [5, 5.41) is 20.6. The van der Waals surface area contributed by atoms with Crippen LogP contribution in [0.4, 0.5) is 4.39 Å². The zero-order valence-corrected chi connectivity index (χ0v) is 16.6. The summed E-state index contributed by atoms with van der Waals surface area (Å²) >= 11 is 0. The van der Waals surface area contributed by atoms with E-state index in [1.54, 1.807) is 43.6 Å². The SMILES string of the molecule is Cc1ccc(C(O)=C2C(=O)C(=O)N(Cc3ccncc3)C2c2ccc(O)cc2)cc1F. The predicted octanol–water partition coefficient (Wildman–Crippen LogP) is 3.86. The number of aromatic hydroxyl groups is 1. The van der Waals surface area contributed by atoms with Crippen LogP contribution in [0.1, 0.15) is 28.3 Å². The van der Waals surface area contributed by atoms with Gasteiger partial charge >= 0.3 is 0 Å². The molecule has 7 heteroatoms. The van der Waals surface area contributed by atoms with Gasteiger partial charge in [0.05, 0.1) is 11.6 Å². The highest BCUT2D eigenvalue weighted by Crippen LogP contribution is 2.40. The standard InChI is InChI=1S/C24H19FN2O4/c1-14-2-3-17(12-19(14)25)22(29)20-21(16-4-6-18(28)7-5-16)27(24(31)23(20)30)13-15-8-10-26-11-9-15/h2-12,21,28-29H,13H2,1H3. The molecule has 6 nitrogen and oxygen atoms in total. The van der Waals surface area contributed by atoms with Crippen molar-refractivity contribution in [2.45, 2.75) is 19.5 Å². The van der Waals surface area contributed by atoms with Crippen molar-refractivity contribution in [3.05, 3.63) is 101 Å². The second-order valence-electron chi connectivity index (χ2n) is 7.34. The van der Waals surface area contributed by atoms with Gasteiger partial charge in [-0.25, -0.2) is 4.39 Å². The van der Waals surface area contributed by atoms with Gasteiger partial charge in [-0.2, -0.15) is 0 Å². The minimum absolute atomic E-state index is 0.0236. The van der Waals surface area contributed by atoms with Crippen LogP contribution in [0, 0.1) is 12.7 Å². The quantitative estimate of drug-likeness (QED) is 0.382. The molecule has 1 aliphatic heterocycles. The third kappa shape index (κ3) is 3.77. The molecule has 0 radical (unpaired) electrons. The van der Waals surface area contributed by atoms with Crippen molar-refractivity contribution in [2.24, 2.45) is 0 Å². The number of ketones is 1. The Hall–Kier alpha value is -4.00. The minimum atomic E-state index is -0.905. The molecule has 156 valence electrons. The maximum absolute atomic E-state index is 14.1. The van der Waals surface area contributed by atoms with Gasteiger partial charge in [0.25, 0.3) is 11.7 Å². The number of benzene rings is 2. The number of aromatic nitrogens is 1. The maximum Gasteiger partial charge on any atom is 0.295 e. The maximum atomic E-state index is 14.1. The number of rotatable bonds is 4. The largest absolute Gasteiger partial charge is 0.508 e. The van der Waals surface area contributed by atoms with E-state index in [0.29, 0.717) is 11.1 Å². The Bertz CT molecular complexity index is 1190. The van der Waals surface area contributed by atoms with Crippen molar-refractivity contribution in [2.75, 3.05) is 0 Å². The van der Waals surface area contributed by atoms with E-state index in [9.17, 15) is 24.2 Å². The number of amides is 1. The molecule has 2 aromatic carbocycles. The highest BCUT2D eigenvalue weighted by molar-refractivity contribution is 6.46. The predicted molar refractivity (Wildman–Crippen MR) is 111 cm³/mol. The Morgan fingerprint density at radius 3 is 2.39 bits per heavy atom. The van der Waals surface area contributed by atoms with E-state index < -0.39 is 29.3 Å². The molecule has 31 heavy (non-hydrogen) atoms. The summed E-state index contributed by atoms with van der Waals surface area (Å²) in [6.07, 6.45) is 3.16. The summed E-state index contributed by atoms with van der Waals surface area (Å²) < 4.78 is 14.1. The highest BCUT2D eigenvalue weighted by Gasteiger charge is 2.46. The first kappa shape index (κ1) is 20.3. The zero-order valence-electron chi connectivity index (χ0n) is 16.6. The summed E-state index contributed by atoms with van der Waals surface area (Å²) in [4.78, 5) is 31.2. The molecule has 0 spiro atoms. The van der Waals surface area contributed by atoms with E-state index in [1.165, 1.54) is 29.2 Å². The number of carbonyl (C=O) groups is 2. The van der Waals surface area contributed by atoms with Gasteiger partial charge in [-0.05, 0) is 53.9 Å². The summed E-state index contributed by atoms with van der Waals surface area (Å²) in [6, 6.07) is 12.7. The molecule has 2 N–H and O–H groups in total. The average Bonchev–Trinajstić information content (AvgIpc) is 3.01. The first-order chi connectivity index (χ1) is 14.9. The van der Waals surface area contributed by atoms with E-state index >= 15 is 0 Å². The summed E-state index contributed by atoms with van der Waals surface area (Å²) in [7, 11) is 0. The molecule has 0 bridgehead atoms. The number of hydrogen-bond acceptors (Lipinski definition) is 5. The van der Waals surface area contributed by atoms with Crippen molar-refractivity contribution in [1.29, 1.82) is 0 Å². The fourth-order valence-corrected chi connectivity index (χ4v) is 3.63. The zero-order chi connectivity index (χ0) is 22.1. The first-order valence-corrected chi connectivity index (χ1v) is 9.59. The van der Waals surface area contributed by atoms with E-state index in [0.717, 1.165) is 11.6 Å². The van der Waals surface area contributed by atoms with Crippen molar-refractivity contribution in [3.63, 3.8) is 0 Å². The average molecular weight is 418 g/mol. The number of aryl methyl sites for hydroxylation is 1. The van der Waals surface area contributed by atoms with Crippen LogP contribution in [0.25, 0.3) is 5.76 Å². The second-order valence-corrected chi connectivity index (χ2v) is 7.34. The molecular weight excluding hydrogens is 399 g/mol. The van der Waals surface area contributed by atoms with Crippen LogP contribution in [0.15, 0.2) is 72.6 Å². The van der Waals surface area contributed by atoms with Gasteiger partial charge in [0.15, 0.2) is 0 Å². The number of likely N-dealkylation sites (tertiary alicyclic amines) is 1. The number of halogens is 1. The Kier molecular flexibility index (Phi) is 5.25. The lowest BCUT2D eigenvalue weighted by molar-refractivity contribution is -0.140. The van der Waals surface area contributed by atoms with Gasteiger partial charge in [-0.3, -0.25) is 14.6 Å². The third-order valence-electron chi connectivity index (χ3n) is 5.30. The monoisotopic (exact) mass is 418 g/mol. The third-order valence-corrected chi connectivity index (χ3v) is 5.30. The van der Waals surface area contributed by atoms with Crippen molar-refractivity contribution in [3.8, 4) is 5.75 Å². The van der Waals surface area contributed by atoms with E-state index in [1.807, 2.05) is 0 Å². The number of nitrogens with zero attached hydrogens (tertiary/aromatic N) is 2. The van der Waals surface area contributed by atoms with Crippen LogP contribution >= 0.6 is 0 Å². The lowest BCUT2D eigenvalue weighted by Gasteiger charge is -2.25. The van der Waals surface area contributed by atoms with Gasteiger partial charge in [0.1, 0.15) is 17.3 Å². The second kappa shape index (κ2) is 8.02. The first-order valence-electron chi connectivity index (χ1n) is 9.59. The van der Waals surface area contributed by atoms with Crippen molar-refractivity contribution < 1.29 is 24.2 Å². The normalized spacial score (nSPS) is 17.9. The van der Waals surface area contributed by atoms with Crippen molar-refractivity contribution >= 4 is 17.4 Å². The molecule has 0 aliphatic carbocycles. The van der Waals surface area contributed by atoms with Gasteiger partial charge in [0.2, 0.25) is 0 Å². The minimum Gasteiger partial charge on any atom is -0.508 e. The number of aliphatic hydroxyl groups excluding tert-OH is 1. The molecule has 0 saturated carbocycles. The Labute approximate surface area is 177 Å². The van der Waals surface area contributed by atoms with Gasteiger partial charge in [-0.1, -0.05) is 24.3 Å². The van der Waals surface area contributed by atoms with Crippen LogP contribution < -0.4 is 0 Å². The van der Waals surface area contributed by atoms with E-state index in [2.05, 4.69) is 4.98 Å². The molecule has 3 aromatic rings. The lowest BCUT2D eigenvalue weighted by atomic mass is 9.94. The molecule has 1 aromatic heterocycles. The summed E-state index contributed by atoms with van der Waals surface area (Å²) in [6.45, 7) is 1.70. The molecular formula is C24H19FN2O4.